The molecule has 0 aliphatic carbocycles. The second-order valence-corrected chi connectivity index (χ2v) is 11.2. The summed E-state index contributed by atoms with van der Waals surface area (Å²) >= 11 is 6.60. The first kappa shape index (κ1) is 32.2. The van der Waals surface area contributed by atoms with Crippen LogP contribution in [0.2, 0.25) is 0 Å². The fourth-order valence-corrected chi connectivity index (χ4v) is 5.14. The third-order valence-electron chi connectivity index (χ3n) is 6.27. The van der Waals surface area contributed by atoms with Crippen LogP contribution < -0.4 is 0 Å². The van der Waals surface area contributed by atoms with Crippen LogP contribution in [0.15, 0.2) is 104 Å². The molecule has 0 atom stereocenters. The zero-order valence-electron chi connectivity index (χ0n) is 23.0. The summed E-state index contributed by atoms with van der Waals surface area (Å²) in [4.78, 5) is 34.4. The highest BCUT2D eigenvalue weighted by Gasteiger charge is 2.21. The zero-order valence-corrected chi connectivity index (χ0v) is 26.2. The number of aromatic hydroxyl groups is 2. The molecule has 12 heteroatoms. The van der Waals surface area contributed by atoms with E-state index in [2.05, 4.69) is 42.2 Å². The van der Waals surface area contributed by atoms with E-state index in [1.807, 2.05) is 60.7 Å². The predicted molar refractivity (Wildman–Crippen MR) is 171 cm³/mol. The minimum absolute atomic E-state index is 0.0791. The van der Waals surface area contributed by atoms with E-state index >= 15 is 0 Å². The zero-order chi connectivity index (χ0) is 31.6. The lowest BCUT2D eigenvalue weighted by atomic mass is 9.96. The van der Waals surface area contributed by atoms with Gasteiger partial charge in [-0.25, -0.2) is 9.59 Å². The van der Waals surface area contributed by atoms with Crippen molar-refractivity contribution in [3.05, 3.63) is 116 Å². The van der Waals surface area contributed by atoms with E-state index in [9.17, 15) is 30.0 Å². The van der Waals surface area contributed by atoms with Crippen molar-refractivity contribution < 1.29 is 39.7 Å². The number of phenolic OH excluding ortho intramolecular Hbond substituents is 2. The van der Waals surface area contributed by atoms with Gasteiger partial charge < -0.3 is 30.1 Å². The van der Waals surface area contributed by atoms with E-state index in [-0.39, 0.29) is 69.1 Å². The quantitative estimate of drug-likeness (QED) is 0.0877. The van der Waals surface area contributed by atoms with Crippen LogP contribution >= 0.6 is 31.9 Å². The summed E-state index contributed by atoms with van der Waals surface area (Å²) in [6.45, 7) is 0.158. The molecule has 0 fully saturated rings. The van der Waals surface area contributed by atoms with Gasteiger partial charge in [-0.1, -0.05) is 71.0 Å². The van der Waals surface area contributed by atoms with Crippen molar-refractivity contribution >= 4 is 55.2 Å². The van der Waals surface area contributed by atoms with Crippen LogP contribution in [0.25, 0.3) is 11.1 Å². The highest BCUT2D eigenvalue weighted by atomic mass is 79.9. The molecule has 4 aromatic carbocycles. The molecule has 0 unspecified atom stereocenters. The number of hydrogen-bond donors (Lipinski definition) is 4. The van der Waals surface area contributed by atoms with Crippen LogP contribution in [0.1, 0.15) is 22.3 Å². The average molecular weight is 726 g/mol. The van der Waals surface area contributed by atoms with E-state index in [0.717, 1.165) is 11.1 Å². The first-order valence-electron chi connectivity index (χ1n) is 13.1. The van der Waals surface area contributed by atoms with E-state index in [0.29, 0.717) is 11.1 Å². The molecular formula is C32H26Br2N2O8. The Labute approximate surface area is 269 Å². The molecule has 0 bridgehead atoms. The summed E-state index contributed by atoms with van der Waals surface area (Å²) in [7, 11) is 0. The number of carboxylic acids is 2. The third-order valence-corrected chi connectivity index (χ3v) is 7.48. The maximum absolute atomic E-state index is 11.9. The van der Waals surface area contributed by atoms with Crippen molar-refractivity contribution in [2.75, 3.05) is 0 Å². The minimum atomic E-state index is -1.29. The number of carbonyl (C=O) groups is 2. The van der Waals surface area contributed by atoms with Gasteiger partial charge in [0.1, 0.15) is 24.7 Å². The van der Waals surface area contributed by atoms with E-state index in [4.69, 9.17) is 9.68 Å². The Balaban J connectivity index is 1.60. The molecule has 0 aliphatic heterocycles. The standard InChI is InChI=1S/C32H26Br2N2O8/c33-25-13-21(15-27(31(39)40)35-43-17-19-7-3-1-4-8-19)11-23(29(25)37)24-12-22(14-26(34)30(24)38)16-28(32(41)42)36-44-18-20-9-5-2-6-10-20/h1-14,37-38H,15-18H2,(H,39,40)(H,41,42)/b35-27+,36-28+. The molecule has 226 valence electrons. The average Bonchev–Trinajstić information content (AvgIpc) is 3.00. The fraction of sp³-hybridized carbons (Fsp3) is 0.125. The predicted octanol–water partition coefficient (Wildman–Crippen LogP) is 6.69. The molecule has 0 radical (unpaired) electrons. The lowest BCUT2D eigenvalue weighted by Gasteiger charge is -2.14. The van der Waals surface area contributed by atoms with Crippen molar-refractivity contribution in [3.8, 4) is 22.6 Å². The Kier molecular flexibility index (Phi) is 11.1. The normalized spacial score (nSPS) is 11.7. The molecule has 0 saturated heterocycles. The molecule has 0 aromatic heterocycles. The molecule has 0 aliphatic rings. The molecule has 44 heavy (non-hydrogen) atoms. The first-order chi connectivity index (χ1) is 21.1. The SMILES string of the molecule is O=C(O)/C(Cc1cc(Br)c(O)c(-c2cc(C/C(=N\OCc3ccccc3)C(=O)O)cc(Br)c2O)c1)=N/OCc1ccccc1. The van der Waals surface area contributed by atoms with Gasteiger partial charge in [0.05, 0.1) is 8.95 Å². The maximum Gasteiger partial charge on any atom is 0.354 e. The second kappa shape index (κ2) is 15.2. The lowest BCUT2D eigenvalue weighted by Crippen LogP contribution is -2.17. The Morgan fingerprint density at radius 1 is 0.591 bits per heavy atom. The van der Waals surface area contributed by atoms with E-state index in [1.54, 1.807) is 0 Å². The molecular weight excluding hydrogens is 700 g/mol. The van der Waals surface area contributed by atoms with Crippen LogP contribution in [0.5, 0.6) is 11.5 Å². The molecule has 0 saturated carbocycles. The summed E-state index contributed by atoms with van der Waals surface area (Å²) < 4.78 is 0.478. The lowest BCUT2D eigenvalue weighted by molar-refractivity contribution is -0.130. The molecule has 4 N–H and O–H groups in total. The fourth-order valence-electron chi connectivity index (χ4n) is 4.12. The van der Waals surface area contributed by atoms with Crippen LogP contribution in [0.3, 0.4) is 0 Å². The van der Waals surface area contributed by atoms with Gasteiger partial charge in [0, 0.05) is 24.0 Å². The topological polar surface area (TPSA) is 158 Å². The van der Waals surface area contributed by atoms with Gasteiger partial charge >= 0.3 is 11.9 Å². The van der Waals surface area contributed by atoms with Gasteiger partial charge in [-0.3, -0.25) is 0 Å². The van der Waals surface area contributed by atoms with Gasteiger partial charge in [-0.15, -0.1) is 0 Å². The number of rotatable bonds is 13. The van der Waals surface area contributed by atoms with Gasteiger partial charge in [0.2, 0.25) is 0 Å². The summed E-state index contributed by atoms with van der Waals surface area (Å²) in [5.41, 5.74) is 2.29. The van der Waals surface area contributed by atoms with Crippen molar-refractivity contribution in [1.29, 1.82) is 0 Å². The summed E-state index contributed by atoms with van der Waals surface area (Å²) in [6.07, 6.45) is -0.321. The molecule has 0 spiro atoms. The van der Waals surface area contributed by atoms with Gasteiger partial charge in [-0.05, 0) is 78.4 Å². The minimum Gasteiger partial charge on any atom is -0.506 e. The van der Waals surface area contributed by atoms with Crippen molar-refractivity contribution in [2.45, 2.75) is 26.1 Å². The van der Waals surface area contributed by atoms with Crippen LogP contribution in [-0.4, -0.2) is 43.8 Å². The third kappa shape index (κ3) is 8.68. The van der Waals surface area contributed by atoms with Gasteiger partial charge in [0.15, 0.2) is 11.4 Å². The van der Waals surface area contributed by atoms with Crippen LogP contribution in [0.4, 0.5) is 0 Å². The van der Waals surface area contributed by atoms with E-state index < -0.39 is 11.9 Å². The van der Waals surface area contributed by atoms with Gasteiger partial charge in [0.25, 0.3) is 0 Å². The van der Waals surface area contributed by atoms with Crippen LogP contribution in [0, 0.1) is 0 Å². The number of nitrogens with zero attached hydrogens (tertiary/aromatic N) is 2. The number of halogens is 2. The number of carboxylic acid groups (broad SMARTS) is 2. The largest absolute Gasteiger partial charge is 0.506 e. The highest BCUT2D eigenvalue weighted by molar-refractivity contribution is 9.11. The Bertz CT molecular complexity index is 1580. The Morgan fingerprint density at radius 3 is 1.30 bits per heavy atom. The molecule has 0 heterocycles. The number of aliphatic carboxylic acids is 2. The second-order valence-electron chi connectivity index (χ2n) is 9.51. The molecule has 4 aromatic rings. The van der Waals surface area contributed by atoms with Crippen molar-refractivity contribution in [3.63, 3.8) is 0 Å². The molecule has 10 nitrogen and oxygen atoms in total. The highest BCUT2D eigenvalue weighted by Crippen LogP contribution is 2.44. The maximum atomic E-state index is 11.9. The van der Waals surface area contributed by atoms with Gasteiger partial charge in [-0.2, -0.15) is 0 Å². The number of oxime groups is 2. The summed E-state index contributed by atoms with van der Waals surface area (Å²) in [6, 6.07) is 24.4. The molecule has 4 rings (SSSR count). The van der Waals surface area contributed by atoms with E-state index in [1.165, 1.54) is 24.3 Å². The van der Waals surface area contributed by atoms with Crippen molar-refractivity contribution in [2.24, 2.45) is 10.3 Å². The Hall–Kier alpha value is -4.68. The summed E-state index contributed by atoms with van der Waals surface area (Å²) in [5, 5.41) is 48.9. The summed E-state index contributed by atoms with van der Waals surface area (Å²) in [5.74, 6) is -3.01. The number of benzene rings is 4. The first-order valence-corrected chi connectivity index (χ1v) is 14.7. The van der Waals surface area contributed by atoms with Crippen molar-refractivity contribution in [1.82, 2.24) is 0 Å². The number of phenols is 2. The molecule has 0 amide bonds. The monoisotopic (exact) mass is 724 g/mol. The van der Waals surface area contributed by atoms with Crippen LogP contribution in [-0.2, 0) is 45.3 Å². The smallest absolute Gasteiger partial charge is 0.354 e. The Morgan fingerprint density at radius 2 is 0.955 bits per heavy atom. The number of hydrogen-bond acceptors (Lipinski definition) is 8.